The Morgan fingerprint density at radius 3 is 1.62 bits per heavy atom. The molecule has 0 bridgehead atoms. The van der Waals surface area contributed by atoms with Crippen LogP contribution in [0, 0.1) is 17.8 Å². The van der Waals surface area contributed by atoms with E-state index in [0.29, 0.717) is 32.2 Å². The molecule has 128 valence electrons. The number of hydrogen-bond acceptors (Lipinski definition) is 2. The van der Waals surface area contributed by atoms with Gasteiger partial charge in [0.05, 0.1) is 19.1 Å². The van der Waals surface area contributed by atoms with Crippen LogP contribution in [0.25, 0.3) is 0 Å². The van der Waals surface area contributed by atoms with Crippen LogP contribution in [0.15, 0.2) is 0 Å². The van der Waals surface area contributed by atoms with Crippen LogP contribution in [0.1, 0.15) is 53.4 Å². The van der Waals surface area contributed by atoms with Crippen LogP contribution in [0.2, 0.25) is 0 Å². The Hall–Kier alpha value is -0.290. The number of rotatable bonds is 12. The van der Waals surface area contributed by atoms with E-state index in [4.69, 9.17) is 9.47 Å². The van der Waals surface area contributed by atoms with Crippen LogP contribution in [-0.2, 0) is 9.47 Å². The van der Waals surface area contributed by atoms with E-state index in [2.05, 4.69) is 13.8 Å². The highest BCUT2D eigenvalue weighted by molar-refractivity contribution is 4.70. The maximum absolute atomic E-state index is 12.7. The van der Waals surface area contributed by atoms with Crippen molar-refractivity contribution in [2.24, 2.45) is 17.8 Å². The second-order valence-electron chi connectivity index (χ2n) is 6.30. The second-order valence-corrected chi connectivity index (χ2v) is 6.30. The Balaban J connectivity index is 3.47. The van der Waals surface area contributed by atoms with Gasteiger partial charge in [-0.05, 0) is 37.5 Å². The third kappa shape index (κ3) is 12.0. The number of halogens is 3. The molecular formula is C16H31F3O2. The maximum atomic E-state index is 12.7. The van der Waals surface area contributed by atoms with Gasteiger partial charge in [-0.25, -0.2) is 0 Å². The fourth-order valence-electron chi connectivity index (χ4n) is 2.20. The number of alkyl halides is 3. The van der Waals surface area contributed by atoms with Gasteiger partial charge in [-0.3, -0.25) is 0 Å². The number of hydrogen-bond donors (Lipinski definition) is 0. The highest BCUT2D eigenvalue weighted by Gasteiger charge is 2.40. The molecule has 0 fully saturated rings. The van der Waals surface area contributed by atoms with E-state index in [9.17, 15) is 13.2 Å². The zero-order valence-electron chi connectivity index (χ0n) is 13.8. The molecule has 0 aliphatic rings. The maximum Gasteiger partial charge on any atom is 0.392 e. The lowest BCUT2D eigenvalue weighted by molar-refractivity contribution is -0.188. The van der Waals surface area contributed by atoms with Gasteiger partial charge in [0, 0.05) is 13.2 Å². The molecule has 0 aliphatic heterocycles. The minimum Gasteiger partial charge on any atom is -0.379 e. The smallest absolute Gasteiger partial charge is 0.379 e. The molecule has 0 saturated carbocycles. The molecule has 0 heterocycles. The third-order valence-electron chi connectivity index (χ3n) is 3.47. The molecule has 0 spiro atoms. The minimum atomic E-state index is -4.10. The Labute approximate surface area is 127 Å². The van der Waals surface area contributed by atoms with Gasteiger partial charge in [-0.15, -0.1) is 0 Å². The van der Waals surface area contributed by atoms with Gasteiger partial charge >= 0.3 is 6.18 Å². The first-order chi connectivity index (χ1) is 9.75. The predicted octanol–water partition coefficient (Wildman–Crippen LogP) is 5.07. The van der Waals surface area contributed by atoms with Crippen molar-refractivity contribution in [3.05, 3.63) is 0 Å². The van der Waals surface area contributed by atoms with Crippen LogP contribution in [0.3, 0.4) is 0 Å². The first-order valence-electron chi connectivity index (χ1n) is 7.97. The molecule has 0 aromatic carbocycles. The highest BCUT2D eigenvalue weighted by Crippen LogP contribution is 2.35. The molecule has 1 atom stereocenters. The average molecular weight is 312 g/mol. The zero-order chi connectivity index (χ0) is 16.3. The summed E-state index contributed by atoms with van der Waals surface area (Å²) in [5, 5.41) is 0. The van der Waals surface area contributed by atoms with Crippen molar-refractivity contribution in [1.29, 1.82) is 0 Å². The van der Waals surface area contributed by atoms with E-state index < -0.39 is 12.1 Å². The average Bonchev–Trinajstić information content (AvgIpc) is 2.33. The van der Waals surface area contributed by atoms with Crippen LogP contribution < -0.4 is 0 Å². The minimum absolute atomic E-state index is 0.135. The van der Waals surface area contributed by atoms with Crippen molar-refractivity contribution >= 4 is 0 Å². The van der Waals surface area contributed by atoms with Gasteiger partial charge in [0.15, 0.2) is 0 Å². The largest absolute Gasteiger partial charge is 0.392 e. The molecule has 21 heavy (non-hydrogen) atoms. The third-order valence-corrected chi connectivity index (χ3v) is 3.47. The van der Waals surface area contributed by atoms with Gasteiger partial charge in [-0.1, -0.05) is 27.7 Å². The summed E-state index contributed by atoms with van der Waals surface area (Å²) in [6, 6.07) is 0. The Morgan fingerprint density at radius 1 is 0.762 bits per heavy atom. The summed E-state index contributed by atoms with van der Waals surface area (Å²) in [4.78, 5) is 0. The van der Waals surface area contributed by atoms with Crippen molar-refractivity contribution in [2.45, 2.75) is 59.6 Å². The Bertz CT molecular complexity index is 240. The summed E-state index contributed by atoms with van der Waals surface area (Å²) >= 11 is 0. The van der Waals surface area contributed by atoms with Gasteiger partial charge in [0.25, 0.3) is 0 Å². The molecule has 2 nitrogen and oxygen atoms in total. The summed E-state index contributed by atoms with van der Waals surface area (Å²) in [7, 11) is 0. The van der Waals surface area contributed by atoms with Gasteiger partial charge in [-0.2, -0.15) is 13.2 Å². The SMILES string of the molecule is CC(C)CCCOCCOCCCC(C(C)C)C(F)(F)F. The molecule has 0 aromatic heterocycles. The quantitative estimate of drug-likeness (QED) is 0.468. The normalized spacial score (nSPS) is 14.1. The summed E-state index contributed by atoms with van der Waals surface area (Å²) in [6.07, 6.45) is -1.34. The standard InChI is InChI=1S/C16H31F3O2/c1-13(2)7-5-9-20-11-12-21-10-6-8-15(14(3)4)16(17,18)19/h13-15H,5-12H2,1-4H3. The van der Waals surface area contributed by atoms with Crippen LogP contribution >= 0.6 is 0 Å². The van der Waals surface area contributed by atoms with E-state index in [1.165, 1.54) is 0 Å². The van der Waals surface area contributed by atoms with Crippen molar-refractivity contribution in [1.82, 2.24) is 0 Å². The topological polar surface area (TPSA) is 18.5 Å². The summed E-state index contributed by atoms with van der Waals surface area (Å²) < 4.78 is 48.9. The molecular weight excluding hydrogens is 281 g/mol. The lowest BCUT2D eigenvalue weighted by Crippen LogP contribution is -2.28. The molecule has 0 saturated heterocycles. The lowest BCUT2D eigenvalue weighted by Gasteiger charge is -2.23. The first kappa shape index (κ1) is 20.7. The molecule has 0 N–H and O–H groups in total. The van der Waals surface area contributed by atoms with Gasteiger partial charge in [0.1, 0.15) is 0 Å². The predicted molar refractivity (Wildman–Crippen MR) is 79.3 cm³/mol. The lowest BCUT2D eigenvalue weighted by atomic mass is 9.91. The van der Waals surface area contributed by atoms with E-state index in [0.717, 1.165) is 19.4 Å². The Morgan fingerprint density at radius 2 is 1.24 bits per heavy atom. The number of ether oxygens (including phenoxy) is 2. The molecule has 5 heteroatoms. The van der Waals surface area contributed by atoms with E-state index >= 15 is 0 Å². The fraction of sp³-hybridized carbons (Fsp3) is 1.00. The van der Waals surface area contributed by atoms with Crippen LogP contribution in [-0.4, -0.2) is 32.6 Å². The van der Waals surface area contributed by atoms with E-state index in [1.807, 2.05) is 0 Å². The van der Waals surface area contributed by atoms with Crippen LogP contribution in [0.4, 0.5) is 13.2 Å². The summed E-state index contributed by atoms with van der Waals surface area (Å²) in [5.41, 5.74) is 0. The van der Waals surface area contributed by atoms with Gasteiger partial charge < -0.3 is 9.47 Å². The van der Waals surface area contributed by atoms with E-state index in [-0.39, 0.29) is 12.3 Å². The zero-order valence-corrected chi connectivity index (χ0v) is 13.8. The van der Waals surface area contributed by atoms with Crippen molar-refractivity contribution < 1.29 is 22.6 Å². The van der Waals surface area contributed by atoms with Gasteiger partial charge in [0.2, 0.25) is 0 Å². The fourth-order valence-corrected chi connectivity index (χ4v) is 2.20. The molecule has 0 aliphatic carbocycles. The second kappa shape index (κ2) is 11.3. The van der Waals surface area contributed by atoms with Crippen molar-refractivity contribution in [2.75, 3.05) is 26.4 Å². The van der Waals surface area contributed by atoms with Crippen LogP contribution in [0.5, 0.6) is 0 Å². The summed E-state index contributed by atoms with van der Waals surface area (Å²) in [6.45, 7) is 9.65. The Kier molecular flexibility index (Phi) is 11.1. The van der Waals surface area contributed by atoms with Crippen molar-refractivity contribution in [3.63, 3.8) is 0 Å². The first-order valence-corrected chi connectivity index (χ1v) is 7.97. The molecule has 0 radical (unpaired) electrons. The monoisotopic (exact) mass is 312 g/mol. The summed E-state index contributed by atoms with van der Waals surface area (Å²) in [5.74, 6) is -0.921. The van der Waals surface area contributed by atoms with Crippen molar-refractivity contribution in [3.8, 4) is 0 Å². The molecule has 1 unspecified atom stereocenters. The highest BCUT2D eigenvalue weighted by atomic mass is 19.4. The molecule has 0 rings (SSSR count). The van der Waals surface area contributed by atoms with E-state index in [1.54, 1.807) is 13.8 Å². The molecule has 0 amide bonds. The molecule has 0 aromatic rings.